The van der Waals surface area contributed by atoms with Crippen LogP contribution < -0.4 is 10.0 Å². The summed E-state index contributed by atoms with van der Waals surface area (Å²) in [6.45, 7) is 3.73. The predicted octanol–water partition coefficient (Wildman–Crippen LogP) is 2.35. The normalized spacial score (nSPS) is 15.7. The lowest BCUT2D eigenvalue weighted by molar-refractivity contribution is 0.256. The Morgan fingerprint density at radius 3 is 2.30 bits per heavy atom. The molecule has 0 fully saturated rings. The molecule has 4 rings (SSSR count). The number of nitrogens with zero attached hydrogens (tertiary/aromatic N) is 3. The fourth-order valence-electron chi connectivity index (χ4n) is 3.90. The van der Waals surface area contributed by atoms with Crippen LogP contribution in [0.4, 0.5) is 10.5 Å². The SMILES string of the molecule is CC(C)n1cnc(S(=O)(=O)NC(=O)Nc2c3c(cc4c2CCC4)CCC3)n1. The van der Waals surface area contributed by atoms with Crippen molar-refractivity contribution >= 4 is 21.7 Å². The molecule has 2 aromatic rings. The van der Waals surface area contributed by atoms with E-state index in [1.54, 1.807) is 0 Å². The number of sulfonamides is 1. The standard InChI is InChI=1S/C18H23N5O3S/c1-11(2)23-10-19-18(21-23)27(25,26)22-17(24)20-16-14-7-3-5-12(14)9-13-6-4-8-15(13)16/h9-11H,3-8H2,1-2H3,(H2,20,22,24). The van der Waals surface area contributed by atoms with Crippen molar-refractivity contribution in [3.8, 4) is 0 Å². The molecule has 1 aromatic heterocycles. The molecule has 144 valence electrons. The number of carbonyl (C=O) groups is 1. The third-order valence-corrected chi connectivity index (χ3v) is 6.32. The highest BCUT2D eigenvalue weighted by atomic mass is 32.2. The fourth-order valence-corrected chi connectivity index (χ4v) is 4.68. The summed E-state index contributed by atoms with van der Waals surface area (Å²) in [5.74, 6) is 0. The first-order valence-electron chi connectivity index (χ1n) is 9.26. The van der Waals surface area contributed by atoms with E-state index in [0.29, 0.717) is 0 Å². The maximum Gasteiger partial charge on any atom is 0.333 e. The Kier molecular flexibility index (Phi) is 4.41. The summed E-state index contributed by atoms with van der Waals surface area (Å²) < 4.78 is 28.3. The van der Waals surface area contributed by atoms with Gasteiger partial charge in [-0.05, 0) is 74.6 Å². The van der Waals surface area contributed by atoms with Gasteiger partial charge in [0, 0.05) is 11.7 Å². The zero-order valence-corrected chi connectivity index (χ0v) is 16.3. The van der Waals surface area contributed by atoms with E-state index in [1.165, 1.54) is 22.1 Å². The molecule has 2 N–H and O–H groups in total. The molecule has 2 amide bonds. The van der Waals surface area contributed by atoms with Gasteiger partial charge in [-0.1, -0.05) is 6.07 Å². The van der Waals surface area contributed by atoms with Crippen LogP contribution in [-0.2, 0) is 35.7 Å². The first kappa shape index (κ1) is 18.0. The van der Waals surface area contributed by atoms with Crippen LogP contribution >= 0.6 is 0 Å². The summed E-state index contributed by atoms with van der Waals surface area (Å²) in [4.78, 5) is 16.3. The molecule has 27 heavy (non-hydrogen) atoms. The van der Waals surface area contributed by atoms with Crippen molar-refractivity contribution < 1.29 is 13.2 Å². The zero-order valence-electron chi connectivity index (χ0n) is 15.4. The molecule has 9 heteroatoms. The molecule has 0 aliphatic heterocycles. The summed E-state index contributed by atoms with van der Waals surface area (Å²) in [6.07, 6.45) is 7.29. The average molecular weight is 389 g/mol. The third-order valence-electron chi connectivity index (χ3n) is 5.20. The fraction of sp³-hybridized carbons (Fsp3) is 0.500. The number of carbonyl (C=O) groups excluding carboxylic acids is 1. The van der Waals surface area contributed by atoms with Gasteiger partial charge in [-0.2, -0.15) is 8.42 Å². The maximum absolute atomic E-state index is 12.5. The number of hydrogen-bond acceptors (Lipinski definition) is 5. The maximum atomic E-state index is 12.5. The molecule has 0 saturated heterocycles. The minimum absolute atomic E-state index is 0.0234. The number of amides is 2. The molecule has 0 radical (unpaired) electrons. The number of anilines is 1. The lowest BCUT2D eigenvalue weighted by Gasteiger charge is -2.16. The molecule has 1 aromatic carbocycles. The Balaban J connectivity index is 1.57. The highest BCUT2D eigenvalue weighted by Crippen LogP contribution is 2.38. The van der Waals surface area contributed by atoms with E-state index in [2.05, 4.69) is 21.5 Å². The number of aryl methyl sites for hydroxylation is 2. The topological polar surface area (TPSA) is 106 Å². The van der Waals surface area contributed by atoms with Crippen molar-refractivity contribution in [3.63, 3.8) is 0 Å². The number of benzene rings is 1. The van der Waals surface area contributed by atoms with Crippen molar-refractivity contribution in [3.05, 3.63) is 34.6 Å². The number of urea groups is 1. The molecule has 8 nitrogen and oxygen atoms in total. The van der Waals surface area contributed by atoms with Crippen LogP contribution in [0.15, 0.2) is 17.6 Å². The van der Waals surface area contributed by atoms with Crippen LogP contribution in [0, 0.1) is 0 Å². The van der Waals surface area contributed by atoms with Crippen LogP contribution in [0.25, 0.3) is 0 Å². The molecule has 1 heterocycles. The molecule has 0 atom stereocenters. The van der Waals surface area contributed by atoms with Crippen molar-refractivity contribution in [2.24, 2.45) is 0 Å². The summed E-state index contributed by atoms with van der Waals surface area (Å²) in [7, 11) is -4.13. The van der Waals surface area contributed by atoms with Gasteiger partial charge in [0.05, 0.1) is 0 Å². The minimum atomic E-state index is -4.13. The quantitative estimate of drug-likeness (QED) is 0.835. The van der Waals surface area contributed by atoms with Gasteiger partial charge < -0.3 is 5.32 Å². The monoisotopic (exact) mass is 389 g/mol. The first-order valence-corrected chi connectivity index (χ1v) is 10.7. The molecule has 2 aliphatic rings. The average Bonchev–Trinajstić information content (AvgIpc) is 3.34. The summed E-state index contributed by atoms with van der Waals surface area (Å²) in [6, 6.07) is 1.46. The van der Waals surface area contributed by atoms with Crippen LogP contribution in [0.5, 0.6) is 0 Å². The van der Waals surface area contributed by atoms with Gasteiger partial charge in [-0.25, -0.2) is 19.2 Å². The number of hydrogen-bond donors (Lipinski definition) is 2. The largest absolute Gasteiger partial charge is 0.333 e. The highest BCUT2D eigenvalue weighted by Gasteiger charge is 2.27. The van der Waals surface area contributed by atoms with E-state index >= 15 is 0 Å². The highest BCUT2D eigenvalue weighted by molar-refractivity contribution is 7.89. The molecule has 0 spiro atoms. The lowest BCUT2D eigenvalue weighted by atomic mass is 9.99. The van der Waals surface area contributed by atoms with Gasteiger partial charge in [-0.3, -0.25) is 0 Å². The first-order chi connectivity index (χ1) is 12.8. The number of rotatable bonds is 4. The van der Waals surface area contributed by atoms with Crippen molar-refractivity contribution in [1.29, 1.82) is 0 Å². The number of aromatic nitrogens is 3. The summed E-state index contributed by atoms with van der Waals surface area (Å²) >= 11 is 0. The van der Waals surface area contributed by atoms with Crippen molar-refractivity contribution in [2.75, 3.05) is 5.32 Å². The molecule has 2 aliphatic carbocycles. The lowest BCUT2D eigenvalue weighted by Crippen LogP contribution is -2.35. The van der Waals surface area contributed by atoms with E-state index in [9.17, 15) is 13.2 Å². The number of fused-ring (bicyclic) bond motifs is 2. The van der Waals surface area contributed by atoms with E-state index in [-0.39, 0.29) is 6.04 Å². The third kappa shape index (κ3) is 3.31. The van der Waals surface area contributed by atoms with Crippen LogP contribution in [0.2, 0.25) is 0 Å². The van der Waals surface area contributed by atoms with Gasteiger partial charge in [0.2, 0.25) is 0 Å². The summed E-state index contributed by atoms with van der Waals surface area (Å²) in [5.41, 5.74) is 5.62. The smallest absolute Gasteiger partial charge is 0.307 e. The molecule has 0 bridgehead atoms. The second kappa shape index (κ2) is 6.63. The van der Waals surface area contributed by atoms with Gasteiger partial charge >= 0.3 is 16.1 Å². The van der Waals surface area contributed by atoms with Gasteiger partial charge in [0.25, 0.3) is 5.16 Å². The van der Waals surface area contributed by atoms with Crippen LogP contribution in [0.3, 0.4) is 0 Å². The molecular weight excluding hydrogens is 366 g/mol. The molecular formula is C18H23N5O3S. The second-order valence-corrected chi connectivity index (χ2v) is 8.97. The van der Waals surface area contributed by atoms with Crippen molar-refractivity contribution in [2.45, 2.75) is 63.6 Å². The molecule has 0 unspecified atom stereocenters. The Labute approximate surface area is 158 Å². The number of nitrogens with one attached hydrogen (secondary N) is 2. The van der Waals surface area contributed by atoms with E-state index in [1.807, 2.05) is 18.6 Å². The van der Waals surface area contributed by atoms with Crippen LogP contribution in [0.1, 0.15) is 55.0 Å². The van der Waals surface area contributed by atoms with Gasteiger partial charge in [-0.15, -0.1) is 5.10 Å². The van der Waals surface area contributed by atoms with Crippen molar-refractivity contribution in [1.82, 2.24) is 19.5 Å². The Morgan fingerprint density at radius 2 is 1.74 bits per heavy atom. The Hall–Kier alpha value is -2.42. The Bertz CT molecular complexity index is 978. The van der Waals surface area contributed by atoms with Gasteiger partial charge in [0.1, 0.15) is 6.33 Å². The molecule has 0 saturated carbocycles. The van der Waals surface area contributed by atoms with Gasteiger partial charge in [0.15, 0.2) is 0 Å². The van der Waals surface area contributed by atoms with Crippen LogP contribution in [-0.4, -0.2) is 29.2 Å². The second-order valence-electron chi connectivity index (χ2n) is 7.39. The van der Waals surface area contributed by atoms with E-state index in [4.69, 9.17) is 0 Å². The summed E-state index contributed by atoms with van der Waals surface area (Å²) in [5, 5.41) is 6.33. The zero-order chi connectivity index (χ0) is 19.2. The predicted molar refractivity (Wildman–Crippen MR) is 100 cm³/mol. The Morgan fingerprint density at radius 1 is 1.11 bits per heavy atom. The minimum Gasteiger partial charge on any atom is -0.307 e. The van der Waals surface area contributed by atoms with E-state index in [0.717, 1.165) is 55.3 Å². The van der Waals surface area contributed by atoms with E-state index < -0.39 is 21.2 Å².